The molecule has 0 spiro atoms. The molecular weight excluding hydrogens is 574 g/mol. The van der Waals surface area contributed by atoms with Gasteiger partial charge in [-0.15, -0.1) is 5.10 Å². The smallest absolute Gasteiger partial charge is 0.411 e. The number of aromatic amines is 1. The summed E-state index contributed by atoms with van der Waals surface area (Å²) in [6, 6.07) is 9.91. The molecule has 0 radical (unpaired) electrons. The fourth-order valence-corrected chi connectivity index (χ4v) is 5.09. The number of amides is 3. The van der Waals surface area contributed by atoms with E-state index in [4.69, 9.17) is 16.3 Å². The number of benzene rings is 2. The second-order valence-electron chi connectivity index (χ2n) is 9.94. The van der Waals surface area contributed by atoms with Crippen molar-refractivity contribution < 1.29 is 19.1 Å². The Kier molecular flexibility index (Phi) is 9.11. The van der Waals surface area contributed by atoms with Crippen LogP contribution in [0.25, 0.3) is 23.0 Å². The molecule has 5 rings (SSSR count). The van der Waals surface area contributed by atoms with Crippen molar-refractivity contribution in [1.29, 1.82) is 0 Å². The van der Waals surface area contributed by atoms with Gasteiger partial charge in [0.05, 0.1) is 36.4 Å². The molecule has 2 atom stereocenters. The van der Waals surface area contributed by atoms with Crippen LogP contribution in [0.4, 0.5) is 16.2 Å². The highest BCUT2D eigenvalue weighted by molar-refractivity contribution is 6.30. The molecule has 43 heavy (non-hydrogen) atoms. The maximum Gasteiger partial charge on any atom is 0.411 e. The molecule has 2 aromatic heterocycles. The van der Waals surface area contributed by atoms with E-state index in [1.54, 1.807) is 48.7 Å². The third-order valence-corrected chi connectivity index (χ3v) is 7.39. The Morgan fingerprint density at radius 2 is 2.07 bits per heavy atom. The molecule has 222 valence electrons. The monoisotopic (exact) mass is 603 g/mol. The van der Waals surface area contributed by atoms with Gasteiger partial charge in [0.25, 0.3) is 0 Å². The zero-order valence-corrected chi connectivity index (χ0v) is 24.3. The summed E-state index contributed by atoms with van der Waals surface area (Å²) in [6.07, 6.45) is 8.06. The summed E-state index contributed by atoms with van der Waals surface area (Å²) < 4.78 is 6.18. The Bertz CT molecular complexity index is 1650. The predicted octanol–water partition coefficient (Wildman–Crippen LogP) is 4.90. The lowest BCUT2D eigenvalue weighted by Gasteiger charge is -2.21. The molecule has 2 bridgehead atoms. The Balaban J connectivity index is 1.42. The van der Waals surface area contributed by atoms with E-state index in [0.717, 1.165) is 0 Å². The van der Waals surface area contributed by atoms with Gasteiger partial charge >= 0.3 is 6.09 Å². The number of rotatable bonds is 6. The van der Waals surface area contributed by atoms with Crippen LogP contribution in [0.1, 0.15) is 50.0 Å². The van der Waals surface area contributed by atoms with Crippen molar-refractivity contribution >= 4 is 47.0 Å². The average molecular weight is 604 g/mol. The number of aromatic nitrogens is 6. The highest BCUT2D eigenvalue weighted by atomic mass is 35.5. The fraction of sp³-hybridized carbons (Fsp3) is 0.276. The van der Waals surface area contributed by atoms with Crippen LogP contribution in [-0.2, 0) is 14.3 Å². The van der Waals surface area contributed by atoms with E-state index >= 15 is 0 Å². The number of hydrogen-bond donors (Lipinski definition) is 4. The summed E-state index contributed by atoms with van der Waals surface area (Å²) in [5, 5.41) is 20.5. The Labute approximate surface area is 252 Å². The summed E-state index contributed by atoms with van der Waals surface area (Å²) in [6.45, 7) is 1.97. The van der Waals surface area contributed by atoms with Crippen LogP contribution in [0.2, 0.25) is 5.02 Å². The van der Waals surface area contributed by atoms with Gasteiger partial charge in [-0.25, -0.2) is 9.78 Å². The first-order chi connectivity index (χ1) is 20.8. The summed E-state index contributed by atoms with van der Waals surface area (Å²) in [5.41, 5.74) is 3.61. The zero-order valence-electron chi connectivity index (χ0n) is 23.5. The van der Waals surface area contributed by atoms with Crippen molar-refractivity contribution in [2.75, 3.05) is 17.7 Å². The minimum atomic E-state index is -0.621. The Hall–Kier alpha value is -5.04. The number of hydrogen-bond acceptors (Lipinski definition) is 8. The molecule has 1 aliphatic heterocycles. The molecule has 14 heteroatoms. The first-order valence-corrected chi connectivity index (χ1v) is 14.1. The molecule has 1 aliphatic rings. The third kappa shape index (κ3) is 7.07. The number of ether oxygens (including phenoxy) is 1. The van der Waals surface area contributed by atoms with E-state index in [-0.39, 0.29) is 17.7 Å². The van der Waals surface area contributed by atoms with Gasteiger partial charge in [-0.05, 0) is 72.2 Å². The number of methoxy groups -OCH3 is 1. The van der Waals surface area contributed by atoms with Crippen molar-refractivity contribution in [3.05, 3.63) is 71.4 Å². The molecular formula is C29H30ClN9O4. The average Bonchev–Trinajstić information content (AvgIpc) is 3.71. The normalized spacial score (nSPS) is 16.9. The van der Waals surface area contributed by atoms with Crippen molar-refractivity contribution in [1.82, 2.24) is 35.5 Å². The van der Waals surface area contributed by atoms with Crippen molar-refractivity contribution in [2.24, 2.45) is 5.92 Å². The molecule has 4 aromatic rings. The lowest BCUT2D eigenvalue weighted by atomic mass is 9.95. The van der Waals surface area contributed by atoms with Gasteiger partial charge in [-0.3, -0.25) is 14.9 Å². The highest BCUT2D eigenvalue weighted by Crippen LogP contribution is 2.33. The second-order valence-corrected chi connectivity index (χ2v) is 10.4. The van der Waals surface area contributed by atoms with Crippen molar-refractivity contribution in [3.63, 3.8) is 0 Å². The largest absolute Gasteiger partial charge is 0.453 e. The molecule has 0 saturated heterocycles. The summed E-state index contributed by atoms with van der Waals surface area (Å²) in [7, 11) is 1.28. The molecule has 3 heterocycles. The van der Waals surface area contributed by atoms with Gasteiger partial charge in [0.15, 0.2) is 0 Å². The van der Waals surface area contributed by atoms with Gasteiger partial charge < -0.3 is 20.4 Å². The summed E-state index contributed by atoms with van der Waals surface area (Å²) in [5.74, 6) is -0.115. The number of H-pyrrole nitrogens is 1. The first-order valence-electron chi connectivity index (χ1n) is 13.7. The molecule has 0 unspecified atom stereocenters. The Morgan fingerprint density at radius 3 is 2.84 bits per heavy atom. The quantitative estimate of drug-likeness (QED) is 0.225. The molecule has 0 saturated carbocycles. The predicted molar refractivity (Wildman–Crippen MR) is 160 cm³/mol. The van der Waals surface area contributed by atoms with E-state index in [1.165, 1.54) is 24.2 Å². The lowest BCUT2D eigenvalue weighted by Crippen LogP contribution is -2.28. The van der Waals surface area contributed by atoms with Gasteiger partial charge in [0.2, 0.25) is 11.8 Å². The van der Waals surface area contributed by atoms with Gasteiger partial charge in [0.1, 0.15) is 12.2 Å². The summed E-state index contributed by atoms with van der Waals surface area (Å²) >= 11 is 6.21. The molecule has 4 N–H and O–H groups in total. The van der Waals surface area contributed by atoms with Crippen LogP contribution in [0.5, 0.6) is 0 Å². The van der Waals surface area contributed by atoms with Crippen LogP contribution in [-0.4, -0.2) is 55.2 Å². The molecule has 0 aliphatic carbocycles. The number of carbonyl (C=O) groups is 3. The number of carbonyl (C=O) groups excluding carboxylic acids is 3. The third-order valence-electron chi connectivity index (χ3n) is 7.15. The SMILES string of the molecule is CC[C@@H]1CCC[C@H](NC(=O)/C=C/c2cc(Cl)ccc2-n2cnnn2)c2ncc([nH]2)-c2ccc(NC(=O)OC)cc2NC1=O. The van der Waals surface area contributed by atoms with Crippen molar-refractivity contribution in [2.45, 2.75) is 38.6 Å². The number of anilines is 2. The fourth-order valence-electron chi connectivity index (χ4n) is 4.91. The van der Waals surface area contributed by atoms with Gasteiger partial charge in [-0.2, -0.15) is 4.68 Å². The van der Waals surface area contributed by atoms with Gasteiger partial charge in [0, 0.05) is 33.8 Å². The van der Waals surface area contributed by atoms with E-state index in [9.17, 15) is 14.4 Å². The van der Waals surface area contributed by atoms with Crippen LogP contribution in [0.3, 0.4) is 0 Å². The number of nitrogens with zero attached hydrogens (tertiary/aromatic N) is 5. The number of halogens is 1. The number of nitrogens with one attached hydrogen (secondary N) is 4. The number of fused-ring (bicyclic) bond motifs is 4. The van der Waals surface area contributed by atoms with E-state index in [1.807, 2.05) is 6.92 Å². The number of imidazole rings is 1. The minimum absolute atomic E-state index is 0.122. The van der Waals surface area contributed by atoms with Crippen molar-refractivity contribution in [3.8, 4) is 16.9 Å². The Morgan fingerprint density at radius 1 is 1.21 bits per heavy atom. The van der Waals surface area contributed by atoms with E-state index in [0.29, 0.717) is 70.4 Å². The standard InChI is InChI=1S/C29H30ClN9O4/c1-3-17-5-4-6-22(34-26(40)12-7-18-13-19(30)8-11-25(18)39-16-32-37-38-39)27-31-15-24(35-27)21-10-9-20(33-29(42)43-2)14-23(21)36-28(17)41/h7-17,22H,3-6H2,1-2H3,(H,31,35)(H,33,42)(H,34,40)(H,36,41)/b12-7+/t17-,22+/m1/s1. The summed E-state index contributed by atoms with van der Waals surface area (Å²) in [4.78, 5) is 46.0. The molecule has 13 nitrogen and oxygen atoms in total. The number of tetrazole rings is 1. The first kappa shape index (κ1) is 29.5. The van der Waals surface area contributed by atoms with Crippen LogP contribution in [0, 0.1) is 5.92 Å². The van der Waals surface area contributed by atoms with Crippen LogP contribution < -0.4 is 16.0 Å². The molecule has 2 aromatic carbocycles. The lowest BCUT2D eigenvalue weighted by molar-refractivity contribution is -0.120. The second kappa shape index (κ2) is 13.3. The maximum absolute atomic E-state index is 13.2. The van der Waals surface area contributed by atoms with Crippen LogP contribution >= 0.6 is 11.6 Å². The topological polar surface area (TPSA) is 169 Å². The van der Waals surface area contributed by atoms with E-state index < -0.39 is 12.1 Å². The minimum Gasteiger partial charge on any atom is -0.453 e. The zero-order chi connectivity index (χ0) is 30.3. The highest BCUT2D eigenvalue weighted by Gasteiger charge is 2.24. The van der Waals surface area contributed by atoms with Crippen LogP contribution in [0.15, 0.2) is 55.0 Å². The van der Waals surface area contributed by atoms with Gasteiger partial charge in [-0.1, -0.05) is 24.9 Å². The molecule has 0 fully saturated rings. The van der Waals surface area contributed by atoms with E-state index in [2.05, 4.69) is 41.4 Å². The molecule has 3 amide bonds. The maximum atomic E-state index is 13.2.